The topological polar surface area (TPSA) is 50.7 Å². The predicted molar refractivity (Wildman–Crippen MR) is 74.9 cm³/mol. The number of aliphatic hydroxyl groups excluding tert-OH is 1. The number of hydrogen-bond acceptors (Lipinski definition) is 4. The second-order valence-corrected chi connectivity index (χ2v) is 4.93. The zero-order valence-electron chi connectivity index (χ0n) is 12.3. The molecule has 0 saturated carbocycles. The summed E-state index contributed by atoms with van der Waals surface area (Å²) >= 11 is 0. The summed E-state index contributed by atoms with van der Waals surface area (Å²) in [6, 6.07) is 0. The maximum atomic E-state index is 9.33. The van der Waals surface area contributed by atoms with Gasteiger partial charge in [0, 0.05) is 18.8 Å². The summed E-state index contributed by atoms with van der Waals surface area (Å²) in [6.45, 7) is 10.3. The molecule has 4 nitrogen and oxygen atoms in total. The third-order valence-corrected chi connectivity index (χ3v) is 2.94. The average molecular weight is 261 g/mol. The molecular weight excluding hydrogens is 230 g/mol. The number of ether oxygens (including phenoxy) is 2. The molecule has 0 saturated heterocycles. The highest BCUT2D eigenvalue weighted by Crippen LogP contribution is 2.12. The van der Waals surface area contributed by atoms with E-state index in [1.54, 1.807) is 0 Å². The minimum absolute atomic E-state index is 0.140. The lowest BCUT2D eigenvalue weighted by atomic mass is 9.96. The van der Waals surface area contributed by atoms with Crippen LogP contribution in [0.15, 0.2) is 0 Å². The number of aliphatic hydroxyl groups is 1. The minimum atomic E-state index is -0.140. The Bertz CT molecular complexity index is 178. The van der Waals surface area contributed by atoms with Crippen LogP contribution in [0.25, 0.3) is 0 Å². The van der Waals surface area contributed by atoms with Gasteiger partial charge in [0.2, 0.25) is 0 Å². The Morgan fingerprint density at radius 3 is 2.22 bits per heavy atom. The molecule has 0 aliphatic rings. The lowest BCUT2D eigenvalue weighted by Gasteiger charge is -2.28. The van der Waals surface area contributed by atoms with Crippen molar-refractivity contribution in [3.05, 3.63) is 0 Å². The van der Waals surface area contributed by atoms with E-state index in [2.05, 4.69) is 26.1 Å². The molecule has 2 N–H and O–H groups in total. The van der Waals surface area contributed by atoms with E-state index in [-0.39, 0.29) is 12.1 Å². The summed E-state index contributed by atoms with van der Waals surface area (Å²) in [5.41, 5.74) is -0.140. The lowest BCUT2D eigenvalue weighted by Crippen LogP contribution is -2.45. The molecule has 0 radical (unpaired) electrons. The van der Waals surface area contributed by atoms with Crippen LogP contribution < -0.4 is 5.32 Å². The van der Waals surface area contributed by atoms with E-state index in [1.807, 2.05) is 0 Å². The van der Waals surface area contributed by atoms with Crippen LogP contribution in [-0.4, -0.2) is 50.2 Å². The van der Waals surface area contributed by atoms with Gasteiger partial charge in [-0.2, -0.15) is 0 Å². The molecule has 0 aromatic heterocycles. The molecule has 0 spiro atoms. The van der Waals surface area contributed by atoms with Crippen LogP contribution in [0.1, 0.15) is 46.5 Å². The molecule has 4 heteroatoms. The Morgan fingerprint density at radius 2 is 1.67 bits per heavy atom. The van der Waals surface area contributed by atoms with E-state index in [4.69, 9.17) is 9.47 Å². The molecule has 0 heterocycles. The first-order valence-corrected chi connectivity index (χ1v) is 7.20. The van der Waals surface area contributed by atoms with Crippen molar-refractivity contribution in [1.82, 2.24) is 5.32 Å². The third-order valence-electron chi connectivity index (χ3n) is 2.94. The molecule has 0 amide bonds. The highest BCUT2D eigenvalue weighted by Gasteiger charge is 2.20. The van der Waals surface area contributed by atoms with Gasteiger partial charge in [0.1, 0.15) is 0 Å². The van der Waals surface area contributed by atoms with Crippen LogP contribution in [0.2, 0.25) is 0 Å². The summed E-state index contributed by atoms with van der Waals surface area (Å²) in [7, 11) is 0. The fourth-order valence-corrected chi connectivity index (χ4v) is 1.84. The number of nitrogens with one attached hydrogen (secondary N) is 1. The molecule has 0 aliphatic carbocycles. The van der Waals surface area contributed by atoms with E-state index in [1.165, 1.54) is 0 Å². The molecule has 1 atom stereocenters. The van der Waals surface area contributed by atoms with Gasteiger partial charge in [-0.25, -0.2) is 0 Å². The fraction of sp³-hybridized carbons (Fsp3) is 1.00. The number of rotatable bonds is 13. The largest absolute Gasteiger partial charge is 0.394 e. The maximum absolute atomic E-state index is 9.33. The molecule has 110 valence electrons. The van der Waals surface area contributed by atoms with Crippen molar-refractivity contribution in [3.8, 4) is 0 Å². The third kappa shape index (κ3) is 9.83. The van der Waals surface area contributed by atoms with Gasteiger partial charge in [0.25, 0.3) is 0 Å². The molecule has 18 heavy (non-hydrogen) atoms. The standard InChI is InChI=1S/C14H31NO3/c1-4-9-17-11-12-18-10-7-6-8-14(3,13-16)15-5-2/h15-16H,4-13H2,1-3H3. The van der Waals surface area contributed by atoms with Crippen molar-refractivity contribution in [2.24, 2.45) is 0 Å². The predicted octanol–water partition coefficient (Wildman–Crippen LogP) is 1.96. The van der Waals surface area contributed by atoms with Crippen LogP contribution in [0.3, 0.4) is 0 Å². The van der Waals surface area contributed by atoms with E-state index in [0.717, 1.165) is 45.4 Å². The van der Waals surface area contributed by atoms with Crippen molar-refractivity contribution in [2.45, 2.75) is 52.0 Å². The van der Waals surface area contributed by atoms with Gasteiger partial charge < -0.3 is 19.9 Å². The van der Waals surface area contributed by atoms with Crippen LogP contribution >= 0.6 is 0 Å². The van der Waals surface area contributed by atoms with Gasteiger partial charge in [-0.05, 0) is 39.2 Å². The Kier molecular flexibility index (Phi) is 11.8. The second-order valence-electron chi connectivity index (χ2n) is 4.93. The Morgan fingerprint density at radius 1 is 1.00 bits per heavy atom. The van der Waals surface area contributed by atoms with Gasteiger partial charge in [-0.15, -0.1) is 0 Å². The quantitative estimate of drug-likeness (QED) is 0.498. The number of unbranched alkanes of at least 4 members (excludes halogenated alkanes) is 1. The SMILES string of the molecule is CCCOCCOCCCCC(C)(CO)NCC. The fourth-order valence-electron chi connectivity index (χ4n) is 1.84. The Balaban J connectivity index is 3.33. The first-order valence-electron chi connectivity index (χ1n) is 7.20. The van der Waals surface area contributed by atoms with Crippen molar-refractivity contribution in [1.29, 1.82) is 0 Å². The normalized spacial score (nSPS) is 14.7. The minimum Gasteiger partial charge on any atom is -0.394 e. The highest BCUT2D eigenvalue weighted by atomic mass is 16.5. The van der Waals surface area contributed by atoms with Crippen molar-refractivity contribution < 1.29 is 14.6 Å². The smallest absolute Gasteiger partial charge is 0.0700 e. The van der Waals surface area contributed by atoms with Crippen LogP contribution in [-0.2, 0) is 9.47 Å². The summed E-state index contributed by atoms with van der Waals surface area (Å²) in [5.74, 6) is 0. The van der Waals surface area contributed by atoms with Crippen molar-refractivity contribution in [2.75, 3.05) is 39.6 Å². The van der Waals surface area contributed by atoms with E-state index < -0.39 is 0 Å². The van der Waals surface area contributed by atoms with Gasteiger partial charge in [0.15, 0.2) is 0 Å². The summed E-state index contributed by atoms with van der Waals surface area (Å²) in [6.07, 6.45) is 4.14. The van der Waals surface area contributed by atoms with Gasteiger partial charge in [-0.1, -0.05) is 13.8 Å². The second kappa shape index (κ2) is 11.9. The van der Waals surface area contributed by atoms with Gasteiger partial charge >= 0.3 is 0 Å². The van der Waals surface area contributed by atoms with Crippen molar-refractivity contribution >= 4 is 0 Å². The first-order chi connectivity index (χ1) is 8.68. The van der Waals surface area contributed by atoms with Crippen LogP contribution in [0, 0.1) is 0 Å². The molecule has 0 aliphatic heterocycles. The van der Waals surface area contributed by atoms with E-state index in [9.17, 15) is 5.11 Å². The van der Waals surface area contributed by atoms with E-state index >= 15 is 0 Å². The molecular formula is C14H31NO3. The van der Waals surface area contributed by atoms with Gasteiger partial charge in [-0.3, -0.25) is 0 Å². The molecule has 0 aromatic carbocycles. The van der Waals surface area contributed by atoms with Crippen molar-refractivity contribution in [3.63, 3.8) is 0 Å². The zero-order valence-corrected chi connectivity index (χ0v) is 12.3. The Hall–Kier alpha value is -0.160. The van der Waals surface area contributed by atoms with Crippen LogP contribution in [0.5, 0.6) is 0 Å². The molecule has 0 fully saturated rings. The number of hydrogen-bond donors (Lipinski definition) is 2. The Labute approximate surface area is 112 Å². The molecule has 0 aromatic rings. The summed E-state index contributed by atoms with van der Waals surface area (Å²) < 4.78 is 10.8. The first kappa shape index (κ1) is 17.8. The average Bonchev–Trinajstić information content (AvgIpc) is 2.37. The summed E-state index contributed by atoms with van der Waals surface area (Å²) in [5, 5.41) is 12.7. The highest BCUT2D eigenvalue weighted by molar-refractivity contribution is 4.81. The molecule has 0 bridgehead atoms. The molecule has 1 unspecified atom stereocenters. The lowest BCUT2D eigenvalue weighted by molar-refractivity contribution is 0.0456. The van der Waals surface area contributed by atoms with Gasteiger partial charge in [0.05, 0.1) is 19.8 Å². The monoisotopic (exact) mass is 261 g/mol. The molecule has 0 rings (SSSR count). The number of likely N-dealkylation sites (N-methyl/N-ethyl adjacent to an activating group) is 1. The van der Waals surface area contributed by atoms with E-state index in [0.29, 0.717) is 13.2 Å². The summed E-state index contributed by atoms with van der Waals surface area (Å²) in [4.78, 5) is 0. The zero-order chi connectivity index (χ0) is 13.7. The maximum Gasteiger partial charge on any atom is 0.0700 e. The van der Waals surface area contributed by atoms with Crippen LogP contribution in [0.4, 0.5) is 0 Å².